The number of ketones is 1. The van der Waals surface area contributed by atoms with Gasteiger partial charge in [0.2, 0.25) is 0 Å². The fourth-order valence-electron chi connectivity index (χ4n) is 0.923. The zero-order valence-corrected chi connectivity index (χ0v) is 6.34. The highest BCUT2D eigenvalue weighted by Crippen LogP contribution is 2.12. The first kappa shape index (κ1) is 7.55. The van der Waals surface area contributed by atoms with Gasteiger partial charge in [0.25, 0.3) is 0 Å². The van der Waals surface area contributed by atoms with E-state index in [1.807, 2.05) is 12.2 Å². The summed E-state index contributed by atoms with van der Waals surface area (Å²) in [5.74, 6) is 0.750. The summed E-state index contributed by atoms with van der Waals surface area (Å²) < 4.78 is 0. The molecule has 1 aliphatic carbocycles. The molecule has 0 heterocycles. The Morgan fingerprint density at radius 2 is 2.30 bits per heavy atom. The molecule has 1 aliphatic rings. The molecule has 1 nitrogen and oxygen atoms in total. The van der Waals surface area contributed by atoms with Gasteiger partial charge in [0.05, 0.1) is 0 Å². The maximum atomic E-state index is 11.0. The molecular formula is C8H9ClO. The summed E-state index contributed by atoms with van der Waals surface area (Å²) in [4.78, 5) is 11.0. The molecule has 2 heteroatoms. The molecule has 0 radical (unpaired) electrons. The smallest absolute Gasteiger partial charge is 0.162 e. The molecule has 0 saturated heterocycles. The maximum absolute atomic E-state index is 11.0. The Hall–Kier alpha value is -0.560. The van der Waals surface area contributed by atoms with E-state index in [0.29, 0.717) is 5.88 Å². The van der Waals surface area contributed by atoms with E-state index in [-0.39, 0.29) is 11.7 Å². The number of hydrogen-bond acceptors (Lipinski definition) is 1. The summed E-state index contributed by atoms with van der Waals surface area (Å²) >= 11 is 5.49. The van der Waals surface area contributed by atoms with Crippen molar-refractivity contribution in [1.29, 1.82) is 0 Å². The SMILES string of the molecule is O=C1C=CC=CC1CCCl. The Bertz CT molecular complexity index is 182. The summed E-state index contributed by atoms with van der Waals surface area (Å²) in [6.45, 7) is 0. The highest BCUT2D eigenvalue weighted by atomic mass is 35.5. The number of halogens is 1. The van der Waals surface area contributed by atoms with E-state index in [2.05, 4.69) is 0 Å². The van der Waals surface area contributed by atoms with Gasteiger partial charge in [-0.2, -0.15) is 0 Å². The Kier molecular flexibility index (Phi) is 2.69. The van der Waals surface area contributed by atoms with E-state index >= 15 is 0 Å². The Labute approximate surface area is 65.4 Å². The molecule has 1 atom stereocenters. The lowest BCUT2D eigenvalue weighted by atomic mass is 9.97. The van der Waals surface area contributed by atoms with E-state index in [9.17, 15) is 4.79 Å². The molecule has 0 N–H and O–H groups in total. The van der Waals surface area contributed by atoms with Gasteiger partial charge in [0.15, 0.2) is 5.78 Å². The standard InChI is InChI=1S/C8H9ClO/c9-6-5-7-3-1-2-4-8(7)10/h1-4,7H,5-6H2. The normalized spacial score (nSPS) is 23.7. The van der Waals surface area contributed by atoms with Crippen molar-refractivity contribution >= 4 is 17.4 Å². The zero-order valence-electron chi connectivity index (χ0n) is 5.59. The predicted molar refractivity (Wildman–Crippen MR) is 42.1 cm³/mol. The highest BCUT2D eigenvalue weighted by Gasteiger charge is 2.12. The molecule has 54 valence electrons. The van der Waals surface area contributed by atoms with Gasteiger partial charge in [-0.15, -0.1) is 11.6 Å². The third-order valence-electron chi connectivity index (χ3n) is 1.50. The van der Waals surface area contributed by atoms with E-state index in [1.165, 1.54) is 0 Å². The molecule has 0 fully saturated rings. The van der Waals surface area contributed by atoms with Gasteiger partial charge in [-0.25, -0.2) is 0 Å². The van der Waals surface area contributed by atoms with E-state index in [4.69, 9.17) is 11.6 Å². The lowest BCUT2D eigenvalue weighted by Crippen LogP contribution is -2.11. The number of alkyl halides is 1. The first-order chi connectivity index (χ1) is 4.84. The summed E-state index contributed by atoms with van der Waals surface area (Å²) in [6.07, 6.45) is 7.88. The second kappa shape index (κ2) is 3.57. The molecule has 0 bridgehead atoms. The van der Waals surface area contributed by atoms with Crippen molar-refractivity contribution in [3.8, 4) is 0 Å². The van der Waals surface area contributed by atoms with Crippen molar-refractivity contribution in [3.05, 3.63) is 24.3 Å². The first-order valence-corrected chi connectivity index (χ1v) is 3.82. The monoisotopic (exact) mass is 156 g/mol. The number of carbonyl (C=O) groups is 1. The highest BCUT2D eigenvalue weighted by molar-refractivity contribution is 6.18. The van der Waals surface area contributed by atoms with Crippen molar-refractivity contribution < 1.29 is 4.79 Å². The summed E-state index contributed by atoms with van der Waals surface area (Å²) in [5, 5.41) is 0. The summed E-state index contributed by atoms with van der Waals surface area (Å²) in [5.41, 5.74) is 0. The van der Waals surface area contributed by atoms with Crippen LogP contribution in [0, 0.1) is 5.92 Å². The molecule has 0 aromatic rings. The molecule has 10 heavy (non-hydrogen) atoms. The summed E-state index contributed by atoms with van der Waals surface area (Å²) in [7, 11) is 0. The zero-order chi connectivity index (χ0) is 7.40. The largest absolute Gasteiger partial charge is 0.294 e. The molecule has 0 aliphatic heterocycles. The predicted octanol–water partition coefficient (Wildman–Crippen LogP) is 1.93. The van der Waals surface area contributed by atoms with Crippen LogP contribution in [-0.4, -0.2) is 11.7 Å². The quantitative estimate of drug-likeness (QED) is 0.559. The number of rotatable bonds is 2. The van der Waals surface area contributed by atoms with E-state index in [1.54, 1.807) is 12.2 Å². The summed E-state index contributed by atoms with van der Waals surface area (Å²) in [6, 6.07) is 0. The average molecular weight is 157 g/mol. The van der Waals surface area contributed by atoms with Crippen LogP contribution in [0.3, 0.4) is 0 Å². The molecule has 1 rings (SSSR count). The third-order valence-corrected chi connectivity index (χ3v) is 1.72. The first-order valence-electron chi connectivity index (χ1n) is 3.29. The second-order valence-electron chi connectivity index (χ2n) is 2.23. The fourth-order valence-corrected chi connectivity index (χ4v) is 1.16. The van der Waals surface area contributed by atoms with Crippen molar-refractivity contribution in [2.45, 2.75) is 6.42 Å². The van der Waals surface area contributed by atoms with Gasteiger partial charge in [-0.05, 0) is 12.5 Å². The molecule has 0 aromatic carbocycles. The van der Waals surface area contributed by atoms with Gasteiger partial charge in [-0.1, -0.05) is 18.2 Å². The van der Waals surface area contributed by atoms with Crippen LogP contribution in [0.5, 0.6) is 0 Å². The van der Waals surface area contributed by atoms with Gasteiger partial charge in [0.1, 0.15) is 0 Å². The van der Waals surface area contributed by atoms with Crippen molar-refractivity contribution in [2.24, 2.45) is 5.92 Å². The minimum Gasteiger partial charge on any atom is -0.294 e. The Balaban J connectivity index is 2.53. The third kappa shape index (κ3) is 1.71. The minimum absolute atomic E-state index is 0.0301. The minimum atomic E-state index is 0.0301. The lowest BCUT2D eigenvalue weighted by Gasteiger charge is -2.08. The fraction of sp³-hybridized carbons (Fsp3) is 0.375. The van der Waals surface area contributed by atoms with Crippen LogP contribution in [-0.2, 0) is 4.79 Å². The van der Waals surface area contributed by atoms with Crippen LogP contribution in [0.4, 0.5) is 0 Å². The molecular weight excluding hydrogens is 148 g/mol. The lowest BCUT2D eigenvalue weighted by molar-refractivity contribution is -0.117. The van der Waals surface area contributed by atoms with Gasteiger partial charge >= 0.3 is 0 Å². The Morgan fingerprint density at radius 3 is 2.90 bits per heavy atom. The number of hydrogen-bond donors (Lipinski definition) is 0. The van der Waals surface area contributed by atoms with E-state index in [0.717, 1.165) is 6.42 Å². The molecule has 1 unspecified atom stereocenters. The van der Waals surface area contributed by atoms with Crippen LogP contribution < -0.4 is 0 Å². The molecule has 0 saturated carbocycles. The van der Waals surface area contributed by atoms with Crippen LogP contribution in [0.2, 0.25) is 0 Å². The van der Waals surface area contributed by atoms with Gasteiger partial charge in [0, 0.05) is 11.8 Å². The van der Waals surface area contributed by atoms with Crippen molar-refractivity contribution in [1.82, 2.24) is 0 Å². The van der Waals surface area contributed by atoms with Crippen LogP contribution in [0.25, 0.3) is 0 Å². The topological polar surface area (TPSA) is 17.1 Å². The maximum Gasteiger partial charge on any atom is 0.162 e. The van der Waals surface area contributed by atoms with E-state index < -0.39 is 0 Å². The Morgan fingerprint density at radius 1 is 1.50 bits per heavy atom. The molecule has 0 spiro atoms. The molecule has 0 amide bonds. The van der Waals surface area contributed by atoms with Gasteiger partial charge < -0.3 is 0 Å². The number of allylic oxidation sites excluding steroid dienone is 4. The second-order valence-corrected chi connectivity index (χ2v) is 2.61. The van der Waals surface area contributed by atoms with Crippen LogP contribution in [0.1, 0.15) is 6.42 Å². The number of carbonyl (C=O) groups excluding carboxylic acids is 1. The van der Waals surface area contributed by atoms with Crippen LogP contribution in [0.15, 0.2) is 24.3 Å². The van der Waals surface area contributed by atoms with Crippen molar-refractivity contribution in [2.75, 3.05) is 5.88 Å². The van der Waals surface area contributed by atoms with Gasteiger partial charge in [-0.3, -0.25) is 4.79 Å². The van der Waals surface area contributed by atoms with Crippen LogP contribution >= 0.6 is 11.6 Å². The average Bonchev–Trinajstić information content (AvgIpc) is 1.94. The van der Waals surface area contributed by atoms with Crippen molar-refractivity contribution in [3.63, 3.8) is 0 Å². The molecule has 0 aromatic heterocycles.